The number of aryl methyl sites for hydroxylation is 1. The van der Waals surface area contributed by atoms with Gasteiger partial charge < -0.3 is 24.1 Å². The molecule has 0 fully saturated rings. The zero-order chi connectivity index (χ0) is 20.4. The van der Waals surface area contributed by atoms with Crippen molar-refractivity contribution < 1.29 is 14.2 Å². The van der Waals surface area contributed by atoms with Gasteiger partial charge >= 0.3 is 0 Å². The molecule has 0 radical (unpaired) electrons. The van der Waals surface area contributed by atoms with Gasteiger partial charge in [0, 0.05) is 35.5 Å². The summed E-state index contributed by atoms with van der Waals surface area (Å²) in [7, 11) is 1.71. The van der Waals surface area contributed by atoms with Crippen LogP contribution < -0.4 is 14.8 Å². The summed E-state index contributed by atoms with van der Waals surface area (Å²) in [6.45, 7) is 8.29. The zero-order valence-electron chi connectivity index (χ0n) is 17.3. The Hall–Kier alpha value is -2.51. The average molecular weight is 414 g/mol. The van der Waals surface area contributed by atoms with E-state index < -0.39 is 0 Å². The van der Waals surface area contributed by atoms with Crippen LogP contribution in [0.2, 0.25) is 0 Å². The molecule has 3 aromatic rings. The van der Waals surface area contributed by atoms with Gasteiger partial charge in [-0.3, -0.25) is 0 Å². The van der Waals surface area contributed by atoms with Gasteiger partial charge in [0.1, 0.15) is 6.61 Å². The SMILES string of the molecule is COC[C@H](C)Nc1nc(-c2cc(C)n(C[C@H]3COc4ccccc4O3)c2C)cs1. The summed E-state index contributed by atoms with van der Waals surface area (Å²) in [4.78, 5) is 4.78. The number of benzene rings is 1. The summed E-state index contributed by atoms with van der Waals surface area (Å²) in [6, 6.07) is 10.2. The molecule has 0 unspecified atom stereocenters. The van der Waals surface area contributed by atoms with Crippen LogP contribution in [0.1, 0.15) is 18.3 Å². The number of rotatable bonds is 7. The highest BCUT2D eigenvalue weighted by Gasteiger charge is 2.23. The third-order valence-corrected chi connectivity index (χ3v) is 5.87. The lowest BCUT2D eigenvalue weighted by Gasteiger charge is -2.27. The second-order valence-corrected chi connectivity index (χ2v) is 8.29. The molecule has 1 N–H and O–H groups in total. The van der Waals surface area contributed by atoms with Crippen LogP contribution >= 0.6 is 11.3 Å². The molecule has 1 aliphatic heterocycles. The zero-order valence-corrected chi connectivity index (χ0v) is 18.1. The minimum atomic E-state index is -0.0231. The van der Waals surface area contributed by atoms with Crippen molar-refractivity contribution in [2.45, 2.75) is 39.5 Å². The van der Waals surface area contributed by atoms with Crippen LogP contribution in [0, 0.1) is 13.8 Å². The molecular weight excluding hydrogens is 386 g/mol. The number of hydrogen-bond donors (Lipinski definition) is 1. The van der Waals surface area contributed by atoms with Gasteiger partial charge in [-0.15, -0.1) is 11.3 Å². The lowest BCUT2D eigenvalue weighted by molar-refractivity contribution is 0.0778. The third-order valence-electron chi connectivity index (χ3n) is 5.09. The largest absolute Gasteiger partial charge is 0.486 e. The highest BCUT2D eigenvalue weighted by Crippen LogP contribution is 2.33. The number of hydrogen-bond acceptors (Lipinski definition) is 6. The number of nitrogens with one attached hydrogen (secondary N) is 1. The lowest BCUT2D eigenvalue weighted by atomic mass is 10.2. The van der Waals surface area contributed by atoms with E-state index >= 15 is 0 Å². The molecule has 2 aromatic heterocycles. The van der Waals surface area contributed by atoms with Gasteiger partial charge in [0.05, 0.1) is 18.8 Å². The van der Waals surface area contributed by atoms with Gasteiger partial charge in [0.15, 0.2) is 22.7 Å². The van der Waals surface area contributed by atoms with E-state index in [9.17, 15) is 0 Å². The molecule has 0 bridgehead atoms. The summed E-state index contributed by atoms with van der Waals surface area (Å²) in [5.41, 5.74) is 4.53. The summed E-state index contributed by atoms with van der Waals surface area (Å²) in [5.74, 6) is 1.63. The van der Waals surface area contributed by atoms with Crippen molar-refractivity contribution >= 4 is 16.5 Å². The Morgan fingerprint density at radius 1 is 1.31 bits per heavy atom. The molecule has 1 aliphatic rings. The number of anilines is 1. The van der Waals surface area contributed by atoms with Gasteiger partial charge in [0.2, 0.25) is 0 Å². The van der Waals surface area contributed by atoms with E-state index in [1.54, 1.807) is 18.4 Å². The molecule has 1 aromatic carbocycles. The molecule has 0 aliphatic carbocycles. The van der Waals surface area contributed by atoms with E-state index in [1.807, 2.05) is 24.3 Å². The van der Waals surface area contributed by atoms with Crippen molar-refractivity contribution in [1.82, 2.24) is 9.55 Å². The lowest BCUT2D eigenvalue weighted by Crippen LogP contribution is -2.33. The second-order valence-electron chi connectivity index (χ2n) is 7.43. The summed E-state index contributed by atoms with van der Waals surface area (Å²) in [6.07, 6.45) is -0.0231. The quantitative estimate of drug-likeness (QED) is 0.617. The van der Waals surface area contributed by atoms with Crippen LogP contribution in [-0.2, 0) is 11.3 Å². The Morgan fingerprint density at radius 3 is 2.90 bits per heavy atom. The van der Waals surface area contributed by atoms with Gasteiger partial charge in [0.25, 0.3) is 0 Å². The Bertz CT molecular complexity index is 982. The van der Waals surface area contributed by atoms with Crippen LogP contribution in [0.3, 0.4) is 0 Å². The predicted molar refractivity (Wildman–Crippen MR) is 116 cm³/mol. The average Bonchev–Trinajstić information content (AvgIpc) is 3.27. The maximum Gasteiger partial charge on any atom is 0.183 e. The summed E-state index contributed by atoms with van der Waals surface area (Å²) >= 11 is 1.62. The van der Waals surface area contributed by atoms with E-state index in [1.165, 1.54) is 11.4 Å². The number of methoxy groups -OCH3 is 1. The van der Waals surface area contributed by atoms with E-state index in [0.717, 1.165) is 34.4 Å². The fourth-order valence-electron chi connectivity index (χ4n) is 3.66. The van der Waals surface area contributed by atoms with Gasteiger partial charge in [-0.1, -0.05) is 12.1 Å². The van der Waals surface area contributed by atoms with E-state index in [0.29, 0.717) is 13.2 Å². The van der Waals surface area contributed by atoms with Crippen molar-refractivity contribution in [3.05, 3.63) is 47.1 Å². The van der Waals surface area contributed by atoms with Crippen LogP contribution in [0.4, 0.5) is 5.13 Å². The Kier molecular flexibility index (Phi) is 5.78. The third kappa shape index (κ3) is 4.26. The number of para-hydroxylation sites is 2. The number of nitrogens with zero attached hydrogens (tertiary/aromatic N) is 2. The monoisotopic (exact) mass is 413 g/mol. The van der Waals surface area contributed by atoms with Crippen molar-refractivity contribution in [2.24, 2.45) is 0 Å². The van der Waals surface area contributed by atoms with Crippen LogP contribution in [0.15, 0.2) is 35.7 Å². The molecular formula is C22H27N3O3S. The predicted octanol–water partition coefficient (Wildman–Crippen LogP) is 4.52. The smallest absolute Gasteiger partial charge is 0.183 e. The normalized spacial score (nSPS) is 16.6. The van der Waals surface area contributed by atoms with E-state index in [2.05, 4.69) is 42.1 Å². The molecule has 0 amide bonds. The highest BCUT2D eigenvalue weighted by atomic mass is 32.1. The minimum absolute atomic E-state index is 0.0231. The Balaban J connectivity index is 1.49. The molecule has 7 heteroatoms. The molecule has 2 atom stereocenters. The van der Waals surface area contributed by atoms with Crippen molar-refractivity contribution in [1.29, 1.82) is 0 Å². The standard InChI is InChI=1S/C22H27N3O3S/c1-14(11-26-4)23-22-24-19(13-29-22)18-9-15(2)25(16(18)3)10-17-12-27-20-7-5-6-8-21(20)28-17/h5-9,13-14,17H,10-12H2,1-4H3,(H,23,24)/t14-,17-/m0/s1. The molecule has 29 heavy (non-hydrogen) atoms. The van der Waals surface area contributed by atoms with Gasteiger partial charge in [-0.05, 0) is 39.0 Å². The molecule has 0 saturated carbocycles. The Morgan fingerprint density at radius 2 is 2.10 bits per heavy atom. The number of fused-ring (bicyclic) bond motifs is 1. The fraction of sp³-hybridized carbons (Fsp3) is 0.409. The van der Waals surface area contributed by atoms with Crippen LogP contribution in [0.5, 0.6) is 11.5 Å². The maximum atomic E-state index is 6.15. The molecule has 4 rings (SSSR count). The number of thiazole rings is 1. The first-order valence-corrected chi connectivity index (χ1v) is 10.7. The molecule has 154 valence electrons. The number of ether oxygens (including phenoxy) is 3. The second kappa shape index (κ2) is 8.47. The van der Waals surface area contributed by atoms with Gasteiger partial charge in [-0.25, -0.2) is 4.98 Å². The topological polar surface area (TPSA) is 57.5 Å². The van der Waals surface area contributed by atoms with Crippen molar-refractivity contribution in [3.8, 4) is 22.8 Å². The van der Waals surface area contributed by atoms with Crippen molar-refractivity contribution in [3.63, 3.8) is 0 Å². The first kappa shape index (κ1) is 19.8. The summed E-state index contributed by atoms with van der Waals surface area (Å²) < 4.78 is 19.5. The summed E-state index contributed by atoms with van der Waals surface area (Å²) in [5, 5.41) is 6.40. The highest BCUT2D eigenvalue weighted by molar-refractivity contribution is 7.14. The molecule has 3 heterocycles. The first-order valence-electron chi connectivity index (χ1n) is 9.81. The first-order chi connectivity index (χ1) is 14.0. The molecule has 6 nitrogen and oxygen atoms in total. The van der Waals surface area contributed by atoms with Gasteiger partial charge in [-0.2, -0.15) is 0 Å². The maximum absolute atomic E-state index is 6.15. The van der Waals surface area contributed by atoms with Crippen molar-refractivity contribution in [2.75, 3.05) is 25.6 Å². The van der Waals surface area contributed by atoms with Crippen LogP contribution in [-0.4, -0.2) is 42.0 Å². The fourth-order valence-corrected chi connectivity index (χ4v) is 4.49. The van der Waals surface area contributed by atoms with E-state index in [-0.39, 0.29) is 12.1 Å². The van der Waals surface area contributed by atoms with E-state index in [4.69, 9.17) is 19.2 Å². The minimum Gasteiger partial charge on any atom is -0.486 e. The molecule has 0 spiro atoms. The molecule has 0 saturated heterocycles. The van der Waals surface area contributed by atoms with Crippen LogP contribution in [0.25, 0.3) is 11.3 Å². The number of aromatic nitrogens is 2. The Labute approximate surface area is 175 Å².